The van der Waals surface area contributed by atoms with Crippen LogP contribution in [-0.4, -0.2) is 30.8 Å². The van der Waals surface area contributed by atoms with E-state index >= 15 is 0 Å². The highest BCUT2D eigenvalue weighted by Crippen LogP contribution is 2.15. The van der Waals surface area contributed by atoms with Gasteiger partial charge < -0.3 is 9.47 Å². The maximum absolute atomic E-state index is 11.6. The molecular formula is C15H19ClN2O4. The molecule has 1 unspecified atom stereocenters. The van der Waals surface area contributed by atoms with E-state index in [1.165, 1.54) is 0 Å². The number of esters is 1. The largest absolute Gasteiger partial charge is 0.484 e. The van der Waals surface area contributed by atoms with E-state index in [0.29, 0.717) is 23.1 Å². The van der Waals surface area contributed by atoms with Gasteiger partial charge in [-0.05, 0) is 45.0 Å². The van der Waals surface area contributed by atoms with Crippen molar-refractivity contribution in [2.75, 3.05) is 13.2 Å². The number of ether oxygens (including phenoxy) is 2. The minimum atomic E-state index is -0.516. The molecule has 0 aliphatic rings. The molecule has 0 spiro atoms. The second kappa shape index (κ2) is 9.04. The summed E-state index contributed by atoms with van der Waals surface area (Å²) < 4.78 is 10.1. The zero-order valence-corrected chi connectivity index (χ0v) is 13.5. The number of hydrazone groups is 1. The molecule has 0 radical (unpaired) electrons. The van der Waals surface area contributed by atoms with Crippen molar-refractivity contribution in [2.24, 2.45) is 11.0 Å². The number of rotatable bonds is 7. The van der Waals surface area contributed by atoms with E-state index in [0.717, 1.165) is 0 Å². The summed E-state index contributed by atoms with van der Waals surface area (Å²) in [5.74, 6) is -0.793. The molecule has 120 valence electrons. The van der Waals surface area contributed by atoms with Crippen LogP contribution in [0.4, 0.5) is 0 Å². The molecule has 0 heterocycles. The Morgan fingerprint density at radius 3 is 2.55 bits per heavy atom. The number of benzene rings is 1. The maximum Gasteiger partial charge on any atom is 0.314 e. The van der Waals surface area contributed by atoms with E-state index < -0.39 is 11.8 Å². The zero-order valence-electron chi connectivity index (χ0n) is 12.8. The molecular weight excluding hydrogens is 308 g/mol. The maximum atomic E-state index is 11.6. The second-order valence-corrected chi connectivity index (χ2v) is 4.94. The Morgan fingerprint density at radius 1 is 1.32 bits per heavy atom. The summed E-state index contributed by atoms with van der Waals surface area (Å²) in [7, 11) is 0. The SMILES string of the molecule is CCOC(=O)C(C)C(C)=NNC(=O)COc1ccc(Cl)cc1. The van der Waals surface area contributed by atoms with Crippen LogP contribution in [0.15, 0.2) is 29.4 Å². The van der Waals surface area contributed by atoms with Crippen LogP contribution in [0.5, 0.6) is 5.75 Å². The van der Waals surface area contributed by atoms with Crippen molar-refractivity contribution in [1.29, 1.82) is 0 Å². The van der Waals surface area contributed by atoms with Gasteiger partial charge in [0, 0.05) is 10.7 Å². The fraction of sp³-hybridized carbons (Fsp3) is 0.400. The molecule has 1 N–H and O–H groups in total. The van der Waals surface area contributed by atoms with Gasteiger partial charge in [-0.15, -0.1) is 0 Å². The van der Waals surface area contributed by atoms with Crippen LogP contribution in [0.2, 0.25) is 5.02 Å². The second-order valence-electron chi connectivity index (χ2n) is 4.50. The summed E-state index contributed by atoms with van der Waals surface area (Å²) in [5.41, 5.74) is 2.79. The Hall–Kier alpha value is -2.08. The first-order chi connectivity index (χ1) is 10.4. The van der Waals surface area contributed by atoms with Gasteiger partial charge in [-0.3, -0.25) is 9.59 Å². The molecule has 1 atom stereocenters. The first-order valence-corrected chi connectivity index (χ1v) is 7.19. The summed E-state index contributed by atoms with van der Waals surface area (Å²) in [6.07, 6.45) is 0. The lowest BCUT2D eigenvalue weighted by Gasteiger charge is -2.10. The number of halogens is 1. The van der Waals surface area contributed by atoms with E-state index in [2.05, 4.69) is 10.5 Å². The fourth-order valence-corrected chi connectivity index (χ4v) is 1.52. The highest BCUT2D eigenvalue weighted by molar-refractivity contribution is 6.30. The Balaban J connectivity index is 2.42. The molecule has 22 heavy (non-hydrogen) atoms. The standard InChI is InChI=1S/C15H19ClN2O4/c1-4-21-15(20)10(2)11(3)17-18-14(19)9-22-13-7-5-12(16)6-8-13/h5-8,10H,4,9H2,1-3H3,(H,18,19). The number of nitrogens with one attached hydrogen (secondary N) is 1. The first kappa shape index (κ1) is 18.0. The third-order valence-corrected chi connectivity index (χ3v) is 3.06. The summed E-state index contributed by atoms with van der Waals surface area (Å²) in [5, 5.41) is 4.46. The summed E-state index contributed by atoms with van der Waals surface area (Å²) in [4.78, 5) is 23.1. The summed E-state index contributed by atoms with van der Waals surface area (Å²) >= 11 is 5.75. The van der Waals surface area contributed by atoms with Crippen molar-refractivity contribution in [3.63, 3.8) is 0 Å². The van der Waals surface area contributed by atoms with Crippen molar-refractivity contribution in [3.8, 4) is 5.75 Å². The quantitative estimate of drug-likeness (QED) is 0.474. The van der Waals surface area contributed by atoms with E-state index in [4.69, 9.17) is 21.1 Å². The van der Waals surface area contributed by atoms with Crippen molar-refractivity contribution in [1.82, 2.24) is 5.43 Å². The Kier molecular flexibility index (Phi) is 7.39. The van der Waals surface area contributed by atoms with E-state index in [1.807, 2.05) is 0 Å². The summed E-state index contributed by atoms with van der Waals surface area (Å²) in [6, 6.07) is 6.65. The van der Waals surface area contributed by atoms with Crippen molar-refractivity contribution in [3.05, 3.63) is 29.3 Å². The van der Waals surface area contributed by atoms with Gasteiger partial charge in [0.15, 0.2) is 6.61 Å². The van der Waals surface area contributed by atoms with Gasteiger partial charge in [0.2, 0.25) is 0 Å². The average Bonchev–Trinajstić information content (AvgIpc) is 2.51. The monoisotopic (exact) mass is 326 g/mol. The van der Waals surface area contributed by atoms with E-state index in [-0.39, 0.29) is 12.6 Å². The van der Waals surface area contributed by atoms with Crippen LogP contribution in [0.1, 0.15) is 20.8 Å². The molecule has 1 amide bonds. The highest BCUT2D eigenvalue weighted by atomic mass is 35.5. The van der Waals surface area contributed by atoms with Crippen LogP contribution < -0.4 is 10.2 Å². The normalized spacial score (nSPS) is 12.5. The fourth-order valence-electron chi connectivity index (χ4n) is 1.40. The number of amides is 1. The minimum Gasteiger partial charge on any atom is -0.484 e. The van der Waals surface area contributed by atoms with Crippen molar-refractivity contribution in [2.45, 2.75) is 20.8 Å². The molecule has 0 aliphatic heterocycles. The van der Waals surface area contributed by atoms with Gasteiger partial charge >= 0.3 is 5.97 Å². The van der Waals surface area contributed by atoms with Gasteiger partial charge in [0.25, 0.3) is 5.91 Å². The van der Waals surface area contributed by atoms with E-state index in [9.17, 15) is 9.59 Å². The molecule has 0 fully saturated rings. The van der Waals surface area contributed by atoms with Crippen molar-refractivity contribution < 1.29 is 19.1 Å². The van der Waals surface area contributed by atoms with Crippen LogP contribution in [-0.2, 0) is 14.3 Å². The molecule has 0 aliphatic carbocycles. The predicted octanol–water partition coefficient (Wildman–Crippen LogP) is 2.41. The lowest BCUT2D eigenvalue weighted by atomic mass is 10.1. The van der Waals surface area contributed by atoms with Gasteiger partial charge in [0.1, 0.15) is 5.75 Å². The number of carbonyl (C=O) groups excluding carboxylic acids is 2. The number of hydrogen-bond donors (Lipinski definition) is 1. The van der Waals surface area contributed by atoms with Crippen LogP contribution in [0, 0.1) is 5.92 Å². The van der Waals surface area contributed by atoms with Crippen LogP contribution in [0.3, 0.4) is 0 Å². The molecule has 0 aromatic heterocycles. The lowest BCUT2D eigenvalue weighted by molar-refractivity contribution is -0.145. The molecule has 1 aromatic rings. The third kappa shape index (κ3) is 6.13. The molecule has 0 bridgehead atoms. The van der Waals surface area contributed by atoms with Gasteiger partial charge in [-0.25, -0.2) is 5.43 Å². The highest BCUT2D eigenvalue weighted by Gasteiger charge is 2.17. The smallest absolute Gasteiger partial charge is 0.314 e. The number of carbonyl (C=O) groups is 2. The topological polar surface area (TPSA) is 77.0 Å². The lowest BCUT2D eigenvalue weighted by Crippen LogP contribution is -2.28. The number of nitrogens with zero attached hydrogens (tertiary/aromatic N) is 1. The van der Waals surface area contributed by atoms with Crippen LogP contribution >= 0.6 is 11.6 Å². The molecule has 6 nitrogen and oxygen atoms in total. The van der Waals surface area contributed by atoms with Gasteiger partial charge in [-0.2, -0.15) is 5.10 Å². The molecule has 7 heteroatoms. The van der Waals surface area contributed by atoms with Crippen LogP contribution in [0.25, 0.3) is 0 Å². The molecule has 1 rings (SSSR count). The van der Waals surface area contributed by atoms with E-state index in [1.54, 1.807) is 45.0 Å². The van der Waals surface area contributed by atoms with Gasteiger partial charge in [0.05, 0.1) is 12.5 Å². The Morgan fingerprint density at radius 2 is 1.95 bits per heavy atom. The van der Waals surface area contributed by atoms with Crippen molar-refractivity contribution >= 4 is 29.2 Å². The first-order valence-electron chi connectivity index (χ1n) is 6.82. The molecule has 1 aromatic carbocycles. The number of hydrogen-bond acceptors (Lipinski definition) is 5. The Labute approximate surface area is 134 Å². The third-order valence-electron chi connectivity index (χ3n) is 2.81. The summed E-state index contributed by atoms with van der Waals surface area (Å²) in [6.45, 7) is 5.14. The molecule has 0 saturated heterocycles. The Bertz CT molecular complexity index is 543. The van der Waals surface area contributed by atoms with Gasteiger partial charge in [-0.1, -0.05) is 11.6 Å². The minimum absolute atomic E-state index is 0.188. The molecule has 0 saturated carbocycles. The average molecular weight is 327 g/mol. The predicted molar refractivity (Wildman–Crippen MR) is 84.0 cm³/mol. The zero-order chi connectivity index (χ0) is 16.5.